The molecule has 0 bridgehead atoms. The zero-order valence-corrected chi connectivity index (χ0v) is 13.4. The first kappa shape index (κ1) is 16.2. The molecule has 0 atom stereocenters. The normalized spacial score (nSPS) is 11.8. The Morgan fingerprint density at radius 3 is 2.37 bits per heavy atom. The van der Waals surface area contributed by atoms with E-state index in [4.69, 9.17) is 5.11 Å². The summed E-state index contributed by atoms with van der Waals surface area (Å²) in [5.74, 6) is -0.728. The number of nitrogens with zero attached hydrogens (tertiary/aromatic N) is 1. The summed E-state index contributed by atoms with van der Waals surface area (Å²) in [5.41, 5.74) is 0.652. The van der Waals surface area contributed by atoms with Crippen molar-refractivity contribution >= 4 is 21.9 Å². The Morgan fingerprint density at radius 1 is 1.26 bits per heavy atom. The van der Waals surface area contributed by atoms with Crippen molar-refractivity contribution < 1.29 is 9.90 Å². The summed E-state index contributed by atoms with van der Waals surface area (Å²) >= 11 is 3.42. The smallest absolute Gasteiger partial charge is 0.309 e. The van der Waals surface area contributed by atoms with Crippen LogP contribution in [0.4, 0.5) is 0 Å². The van der Waals surface area contributed by atoms with Gasteiger partial charge in [-0.3, -0.25) is 4.79 Å². The highest BCUT2D eigenvalue weighted by Gasteiger charge is 2.26. The van der Waals surface area contributed by atoms with Crippen LogP contribution in [-0.4, -0.2) is 36.1 Å². The maximum absolute atomic E-state index is 11.0. The van der Waals surface area contributed by atoms with Crippen LogP contribution in [0, 0.1) is 5.41 Å². The molecule has 0 spiro atoms. The molecule has 1 aromatic carbocycles. The SMILES string of the molecule is CN(CCc1ccc(Br)cc1)CCC(C)(C)C(=O)O. The van der Waals surface area contributed by atoms with Crippen LogP contribution in [0.5, 0.6) is 0 Å². The minimum Gasteiger partial charge on any atom is -0.481 e. The minimum absolute atomic E-state index is 0.647. The number of benzene rings is 1. The monoisotopic (exact) mass is 327 g/mol. The number of hydrogen-bond acceptors (Lipinski definition) is 2. The van der Waals surface area contributed by atoms with Gasteiger partial charge in [-0.05, 0) is 58.0 Å². The molecule has 19 heavy (non-hydrogen) atoms. The van der Waals surface area contributed by atoms with E-state index in [0.29, 0.717) is 6.42 Å². The predicted octanol–water partition coefficient (Wildman–Crippen LogP) is 3.42. The Hall–Kier alpha value is -0.870. The van der Waals surface area contributed by atoms with E-state index in [-0.39, 0.29) is 0 Å². The summed E-state index contributed by atoms with van der Waals surface area (Å²) in [6, 6.07) is 8.31. The Balaban J connectivity index is 2.34. The molecular formula is C15H22BrNO2. The van der Waals surface area contributed by atoms with Gasteiger partial charge in [0.1, 0.15) is 0 Å². The highest BCUT2D eigenvalue weighted by atomic mass is 79.9. The van der Waals surface area contributed by atoms with Crippen LogP contribution < -0.4 is 0 Å². The summed E-state index contributed by atoms with van der Waals surface area (Å²) in [6.45, 7) is 5.29. The lowest BCUT2D eigenvalue weighted by molar-refractivity contribution is -0.147. The molecule has 0 aromatic heterocycles. The molecule has 1 aromatic rings. The second-order valence-corrected chi connectivity index (χ2v) is 6.53. The molecule has 4 heteroatoms. The lowest BCUT2D eigenvalue weighted by Gasteiger charge is -2.23. The summed E-state index contributed by atoms with van der Waals surface area (Å²) in [5, 5.41) is 9.07. The molecule has 0 fully saturated rings. The van der Waals surface area contributed by atoms with E-state index in [1.165, 1.54) is 5.56 Å². The van der Waals surface area contributed by atoms with Gasteiger partial charge in [0, 0.05) is 11.0 Å². The second-order valence-electron chi connectivity index (χ2n) is 5.62. The van der Waals surface area contributed by atoms with Crippen LogP contribution >= 0.6 is 15.9 Å². The van der Waals surface area contributed by atoms with E-state index >= 15 is 0 Å². The van der Waals surface area contributed by atoms with Gasteiger partial charge in [-0.25, -0.2) is 0 Å². The van der Waals surface area contributed by atoms with Gasteiger partial charge in [0.2, 0.25) is 0 Å². The first-order valence-corrected chi connectivity index (χ1v) is 7.27. The van der Waals surface area contributed by atoms with E-state index in [1.54, 1.807) is 13.8 Å². The average molecular weight is 328 g/mol. The fourth-order valence-electron chi connectivity index (χ4n) is 1.66. The zero-order chi connectivity index (χ0) is 14.5. The van der Waals surface area contributed by atoms with E-state index in [2.05, 4.69) is 33.0 Å². The molecule has 106 valence electrons. The Bertz CT molecular complexity index is 415. The minimum atomic E-state index is -0.728. The second kappa shape index (κ2) is 7.06. The third kappa shape index (κ3) is 5.74. The molecule has 0 aliphatic heterocycles. The quantitative estimate of drug-likeness (QED) is 0.834. The highest BCUT2D eigenvalue weighted by Crippen LogP contribution is 2.20. The van der Waals surface area contributed by atoms with Crippen molar-refractivity contribution in [2.75, 3.05) is 20.1 Å². The molecule has 3 nitrogen and oxygen atoms in total. The molecule has 0 amide bonds. The third-order valence-electron chi connectivity index (χ3n) is 3.39. The number of hydrogen-bond donors (Lipinski definition) is 1. The van der Waals surface area contributed by atoms with Gasteiger partial charge in [0.15, 0.2) is 0 Å². The molecule has 0 aliphatic carbocycles. The molecule has 1 rings (SSSR count). The number of carboxylic acids is 1. The van der Waals surface area contributed by atoms with E-state index < -0.39 is 11.4 Å². The third-order valence-corrected chi connectivity index (χ3v) is 3.92. The fraction of sp³-hybridized carbons (Fsp3) is 0.533. The number of rotatable bonds is 7. The van der Waals surface area contributed by atoms with Gasteiger partial charge in [0.25, 0.3) is 0 Å². The Labute approximate surface area is 123 Å². The van der Waals surface area contributed by atoms with Crippen LogP contribution in [0.25, 0.3) is 0 Å². The summed E-state index contributed by atoms with van der Waals surface area (Å²) < 4.78 is 1.09. The van der Waals surface area contributed by atoms with Crippen molar-refractivity contribution in [2.45, 2.75) is 26.7 Å². The van der Waals surface area contributed by atoms with Crippen LogP contribution in [-0.2, 0) is 11.2 Å². The molecule has 0 saturated carbocycles. The van der Waals surface area contributed by atoms with Crippen LogP contribution in [0.2, 0.25) is 0 Å². The van der Waals surface area contributed by atoms with E-state index in [9.17, 15) is 4.79 Å². The number of halogens is 1. The standard InChI is InChI=1S/C15H22BrNO2/c1-15(2,14(18)19)9-11-17(3)10-8-12-4-6-13(16)7-5-12/h4-7H,8-11H2,1-3H3,(H,18,19). The lowest BCUT2D eigenvalue weighted by atomic mass is 9.89. The van der Waals surface area contributed by atoms with Crippen LogP contribution in [0.1, 0.15) is 25.8 Å². The van der Waals surface area contributed by atoms with Gasteiger partial charge in [0.05, 0.1) is 5.41 Å². The van der Waals surface area contributed by atoms with Crippen LogP contribution in [0.3, 0.4) is 0 Å². The number of likely N-dealkylation sites (N-methyl/N-ethyl adjacent to an activating group) is 1. The molecular weight excluding hydrogens is 306 g/mol. The maximum atomic E-state index is 11.0. The first-order valence-electron chi connectivity index (χ1n) is 6.47. The predicted molar refractivity (Wildman–Crippen MR) is 81.4 cm³/mol. The van der Waals surface area contributed by atoms with Crippen molar-refractivity contribution in [1.82, 2.24) is 4.90 Å². The Kier molecular flexibility index (Phi) is 6.01. The summed E-state index contributed by atoms with van der Waals surface area (Å²) in [7, 11) is 2.04. The van der Waals surface area contributed by atoms with Gasteiger partial charge < -0.3 is 10.0 Å². The molecule has 0 saturated heterocycles. The average Bonchev–Trinajstić information content (AvgIpc) is 2.35. The maximum Gasteiger partial charge on any atom is 0.309 e. The van der Waals surface area contributed by atoms with E-state index in [1.807, 2.05) is 19.2 Å². The number of carboxylic acid groups (broad SMARTS) is 1. The van der Waals surface area contributed by atoms with E-state index in [0.717, 1.165) is 24.0 Å². The van der Waals surface area contributed by atoms with Gasteiger partial charge in [-0.1, -0.05) is 28.1 Å². The van der Waals surface area contributed by atoms with Gasteiger partial charge >= 0.3 is 5.97 Å². The van der Waals surface area contributed by atoms with Crippen molar-refractivity contribution in [2.24, 2.45) is 5.41 Å². The molecule has 0 heterocycles. The molecule has 0 unspecified atom stereocenters. The van der Waals surface area contributed by atoms with Crippen molar-refractivity contribution in [3.8, 4) is 0 Å². The highest BCUT2D eigenvalue weighted by molar-refractivity contribution is 9.10. The van der Waals surface area contributed by atoms with Gasteiger partial charge in [-0.15, -0.1) is 0 Å². The van der Waals surface area contributed by atoms with Crippen molar-refractivity contribution in [1.29, 1.82) is 0 Å². The van der Waals surface area contributed by atoms with Gasteiger partial charge in [-0.2, -0.15) is 0 Å². The summed E-state index contributed by atoms with van der Waals surface area (Å²) in [6.07, 6.45) is 1.65. The molecule has 1 N–H and O–H groups in total. The first-order chi connectivity index (χ1) is 8.81. The topological polar surface area (TPSA) is 40.5 Å². The van der Waals surface area contributed by atoms with Crippen molar-refractivity contribution in [3.05, 3.63) is 34.3 Å². The largest absolute Gasteiger partial charge is 0.481 e. The van der Waals surface area contributed by atoms with Crippen molar-refractivity contribution in [3.63, 3.8) is 0 Å². The number of aliphatic carboxylic acids is 1. The lowest BCUT2D eigenvalue weighted by Crippen LogP contribution is -2.31. The number of carbonyl (C=O) groups is 1. The molecule has 0 radical (unpaired) electrons. The fourth-order valence-corrected chi connectivity index (χ4v) is 1.92. The van der Waals surface area contributed by atoms with Crippen LogP contribution in [0.15, 0.2) is 28.7 Å². The summed E-state index contributed by atoms with van der Waals surface area (Å²) in [4.78, 5) is 13.2. The zero-order valence-electron chi connectivity index (χ0n) is 11.8. The molecule has 0 aliphatic rings. The Morgan fingerprint density at radius 2 is 1.84 bits per heavy atom.